The van der Waals surface area contributed by atoms with E-state index in [1.165, 1.54) is 12.8 Å². The van der Waals surface area contributed by atoms with Crippen LogP contribution in [0.5, 0.6) is 0 Å². The molecule has 0 amide bonds. The van der Waals surface area contributed by atoms with Gasteiger partial charge in [-0.25, -0.2) is 0 Å². The fraction of sp³-hybridized carbons (Fsp3) is 0.636. The van der Waals surface area contributed by atoms with Gasteiger partial charge in [-0.3, -0.25) is 0 Å². The van der Waals surface area contributed by atoms with Gasteiger partial charge in [0, 0.05) is 19.1 Å². The van der Waals surface area contributed by atoms with Crippen LogP contribution in [0.3, 0.4) is 0 Å². The molecule has 0 fully saturated rings. The summed E-state index contributed by atoms with van der Waals surface area (Å²) >= 11 is 0. The van der Waals surface area contributed by atoms with Crippen LogP contribution in [-0.4, -0.2) is 13.3 Å². The van der Waals surface area contributed by atoms with Gasteiger partial charge in [-0.2, -0.15) is 0 Å². The van der Waals surface area contributed by atoms with Crippen molar-refractivity contribution in [2.45, 2.75) is 38.5 Å². The minimum atomic E-state index is 0.871. The molecule has 73 valence electrons. The van der Waals surface area contributed by atoms with E-state index in [1.54, 1.807) is 13.3 Å². The van der Waals surface area contributed by atoms with Crippen molar-refractivity contribution in [3.05, 3.63) is 6.92 Å². The number of hydrogen-bond acceptors (Lipinski definition) is 2. The Labute approximate surface area is 81.4 Å². The van der Waals surface area contributed by atoms with Gasteiger partial charge in [-0.1, -0.05) is 24.9 Å². The Morgan fingerprint density at radius 1 is 1.31 bits per heavy atom. The molecule has 0 aromatic carbocycles. The number of rotatable bonds is 6. The maximum absolute atomic E-state index is 4.52. The van der Waals surface area contributed by atoms with Crippen molar-refractivity contribution in [3.8, 4) is 11.8 Å². The summed E-state index contributed by atoms with van der Waals surface area (Å²) in [6, 6.07) is 0. The molecule has 2 nitrogen and oxygen atoms in total. The van der Waals surface area contributed by atoms with Crippen molar-refractivity contribution in [3.63, 3.8) is 0 Å². The minimum Gasteiger partial charge on any atom is -0.399 e. The van der Waals surface area contributed by atoms with Crippen LogP contribution in [0.1, 0.15) is 38.5 Å². The zero-order chi connectivity index (χ0) is 9.78. The molecule has 0 aliphatic heterocycles. The van der Waals surface area contributed by atoms with Gasteiger partial charge >= 0.3 is 0 Å². The van der Waals surface area contributed by atoms with Gasteiger partial charge in [-0.15, -0.1) is 11.8 Å². The molecule has 0 aliphatic rings. The molecule has 0 saturated carbocycles. The van der Waals surface area contributed by atoms with Gasteiger partial charge in [0.05, 0.1) is 0 Å². The van der Waals surface area contributed by atoms with E-state index < -0.39 is 0 Å². The van der Waals surface area contributed by atoms with Crippen LogP contribution in [0.2, 0.25) is 0 Å². The van der Waals surface area contributed by atoms with Crippen LogP contribution < -0.4 is 0 Å². The second-order valence-electron chi connectivity index (χ2n) is 2.67. The highest BCUT2D eigenvalue weighted by molar-refractivity contribution is 5.56. The first-order valence-electron chi connectivity index (χ1n) is 4.71. The zero-order valence-corrected chi connectivity index (χ0v) is 8.38. The predicted molar refractivity (Wildman–Crippen MR) is 56.3 cm³/mol. The summed E-state index contributed by atoms with van der Waals surface area (Å²) < 4.78 is 0. The van der Waals surface area contributed by atoms with E-state index >= 15 is 0 Å². The van der Waals surface area contributed by atoms with Crippen LogP contribution in [-0.2, 0) is 4.84 Å². The van der Waals surface area contributed by atoms with E-state index in [0.717, 1.165) is 25.7 Å². The average molecular weight is 180 g/mol. The predicted octanol–water partition coefficient (Wildman–Crippen LogP) is 2.80. The zero-order valence-electron chi connectivity index (χ0n) is 8.38. The lowest BCUT2D eigenvalue weighted by Gasteiger charge is -1.88. The molecule has 0 N–H and O–H groups in total. The summed E-state index contributed by atoms with van der Waals surface area (Å²) in [7, 11) is 1.54. The molecule has 0 spiro atoms. The summed E-state index contributed by atoms with van der Waals surface area (Å²) in [5.74, 6) is 6.20. The number of nitrogens with zero attached hydrogens (tertiary/aromatic N) is 1. The standard InChI is InChI=1S/C11H18NO/c1-3-4-5-6-7-8-9-10-11-12-13-2/h11H,1,3-6,9-10H2,2H3. The number of unbranched alkanes of at least 4 members (excludes halogenated alkanes) is 4. The van der Waals surface area contributed by atoms with Gasteiger partial charge in [0.1, 0.15) is 7.11 Å². The van der Waals surface area contributed by atoms with Crippen molar-refractivity contribution in [1.29, 1.82) is 0 Å². The highest BCUT2D eigenvalue weighted by atomic mass is 16.6. The van der Waals surface area contributed by atoms with E-state index in [9.17, 15) is 0 Å². The third-order valence-electron chi connectivity index (χ3n) is 1.51. The van der Waals surface area contributed by atoms with Crippen LogP contribution in [0.15, 0.2) is 5.16 Å². The van der Waals surface area contributed by atoms with E-state index in [2.05, 4.69) is 28.8 Å². The van der Waals surface area contributed by atoms with E-state index in [1.807, 2.05) is 0 Å². The van der Waals surface area contributed by atoms with Gasteiger partial charge in [0.25, 0.3) is 0 Å². The third-order valence-corrected chi connectivity index (χ3v) is 1.51. The second kappa shape index (κ2) is 11.0. The average Bonchev–Trinajstić information content (AvgIpc) is 2.16. The van der Waals surface area contributed by atoms with Crippen LogP contribution in [0.25, 0.3) is 0 Å². The maximum Gasteiger partial charge on any atom is 0.106 e. The van der Waals surface area contributed by atoms with Crippen LogP contribution in [0, 0.1) is 18.8 Å². The summed E-state index contributed by atoms with van der Waals surface area (Å²) in [5.41, 5.74) is 0. The fourth-order valence-electron chi connectivity index (χ4n) is 0.831. The molecule has 1 radical (unpaired) electrons. The Morgan fingerprint density at radius 3 is 2.77 bits per heavy atom. The Bertz CT molecular complexity index is 176. The molecular formula is C11H18NO. The number of hydrogen-bond donors (Lipinski definition) is 0. The molecule has 13 heavy (non-hydrogen) atoms. The summed E-state index contributed by atoms with van der Waals surface area (Å²) in [6.45, 7) is 3.77. The van der Waals surface area contributed by atoms with Crippen molar-refractivity contribution >= 4 is 6.21 Å². The molecule has 0 aromatic rings. The quantitative estimate of drug-likeness (QED) is 0.266. The van der Waals surface area contributed by atoms with Crippen LogP contribution >= 0.6 is 0 Å². The molecular weight excluding hydrogens is 162 g/mol. The summed E-state index contributed by atoms with van der Waals surface area (Å²) in [5, 5.41) is 3.62. The van der Waals surface area contributed by atoms with E-state index in [0.29, 0.717) is 0 Å². The SMILES string of the molecule is [CH2]CCCCC#CCCC=NOC. The monoisotopic (exact) mass is 180 g/mol. The number of oxime groups is 1. The van der Waals surface area contributed by atoms with Gasteiger partial charge in [0.15, 0.2) is 0 Å². The molecule has 0 atom stereocenters. The van der Waals surface area contributed by atoms with Crippen molar-refractivity contribution in [2.24, 2.45) is 5.16 Å². The highest BCUT2D eigenvalue weighted by Crippen LogP contribution is 1.96. The Hall–Kier alpha value is -0.970. The van der Waals surface area contributed by atoms with Crippen LogP contribution in [0.4, 0.5) is 0 Å². The molecule has 0 rings (SSSR count). The lowest BCUT2D eigenvalue weighted by atomic mass is 10.2. The Balaban J connectivity index is 3.15. The Morgan fingerprint density at radius 2 is 2.08 bits per heavy atom. The smallest absolute Gasteiger partial charge is 0.106 e. The highest BCUT2D eigenvalue weighted by Gasteiger charge is 1.80. The second-order valence-corrected chi connectivity index (χ2v) is 2.67. The van der Waals surface area contributed by atoms with Gasteiger partial charge < -0.3 is 4.84 Å². The van der Waals surface area contributed by atoms with E-state index in [-0.39, 0.29) is 0 Å². The van der Waals surface area contributed by atoms with Gasteiger partial charge in [-0.05, 0) is 12.8 Å². The fourth-order valence-corrected chi connectivity index (χ4v) is 0.831. The normalized spacial score (nSPS) is 9.69. The topological polar surface area (TPSA) is 21.6 Å². The minimum absolute atomic E-state index is 0.871. The van der Waals surface area contributed by atoms with E-state index in [4.69, 9.17) is 0 Å². The molecule has 0 aromatic heterocycles. The first kappa shape index (κ1) is 12.0. The van der Waals surface area contributed by atoms with Gasteiger partial charge in [0.2, 0.25) is 0 Å². The molecule has 0 unspecified atom stereocenters. The molecule has 2 heteroatoms. The molecule has 0 aliphatic carbocycles. The molecule has 0 bridgehead atoms. The first-order valence-corrected chi connectivity index (χ1v) is 4.71. The third kappa shape index (κ3) is 11.0. The Kier molecular flexibility index (Phi) is 10.2. The van der Waals surface area contributed by atoms with Crippen molar-refractivity contribution in [2.75, 3.05) is 7.11 Å². The summed E-state index contributed by atoms with van der Waals surface area (Å²) in [4.78, 5) is 4.52. The molecule has 0 saturated heterocycles. The first-order chi connectivity index (χ1) is 6.41. The summed E-state index contributed by atoms with van der Waals surface area (Å²) in [6.07, 6.45) is 7.85. The maximum atomic E-state index is 4.52. The lowest BCUT2D eigenvalue weighted by Crippen LogP contribution is -1.76. The van der Waals surface area contributed by atoms with Crippen molar-refractivity contribution in [1.82, 2.24) is 0 Å². The molecule has 0 heterocycles. The van der Waals surface area contributed by atoms with Crippen molar-refractivity contribution < 1.29 is 4.84 Å². The lowest BCUT2D eigenvalue weighted by molar-refractivity contribution is 0.214. The largest absolute Gasteiger partial charge is 0.399 e.